The predicted octanol–water partition coefficient (Wildman–Crippen LogP) is 2.78. The molecule has 0 bridgehead atoms. The van der Waals surface area contributed by atoms with Crippen molar-refractivity contribution in [3.05, 3.63) is 41.4 Å². The zero-order chi connectivity index (χ0) is 14.8. The molecule has 1 saturated heterocycles. The summed E-state index contributed by atoms with van der Waals surface area (Å²) >= 11 is 6.20. The van der Waals surface area contributed by atoms with Crippen LogP contribution in [0.15, 0.2) is 36.4 Å². The van der Waals surface area contributed by atoms with E-state index in [1.54, 1.807) is 0 Å². The molecule has 5 heteroatoms. The molecule has 0 spiro atoms. The van der Waals surface area contributed by atoms with Crippen molar-refractivity contribution in [2.45, 2.75) is 18.6 Å². The summed E-state index contributed by atoms with van der Waals surface area (Å²) in [4.78, 5) is 11.5. The van der Waals surface area contributed by atoms with Gasteiger partial charge < -0.3 is 14.8 Å². The molecule has 3 rings (SSSR count). The first kappa shape index (κ1) is 14.2. The summed E-state index contributed by atoms with van der Waals surface area (Å²) in [5.74, 6) is 0.536. The molecule has 2 aromatic carbocycles. The molecule has 1 fully saturated rings. The van der Waals surface area contributed by atoms with Gasteiger partial charge in [-0.3, -0.25) is 4.79 Å². The molecule has 1 unspecified atom stereocenters. The van der Waals surface area contributed by atoms with Crippen LogP contribution in [0.5, 0.6) is 5.75 Å². The Morgan fingerprint density at radius 2 is 2.00 bits per heavy atom. The first-order valence-corrected chi connectivity index (χ1v) is 7.22. The van der Waals surface area contributed by atoms with Gasteiger partial charge in [-0.15, -0.1) is 0 Å². The van der Waals surface area contributed by atoms with Crippen molar-refractivity contribution in [2.75, 3.05) is 13.7 Å². The van der Waals surface area contributed by atoms with Crippen LogP contribution in [0, 0.1) is 0 Å². The molecule has 1 aliphatic heterocycles. The van der Waals surface area contributed by atoms with Gasteiger partial charge in [-0.25, -0.2) is 0 Å². The number of esters is 1. The Morgan fingerprint density at radius 1 is 1.24 bits per heavy atom. The highest BCUT2D eigenvalue weighted by Gasteiger charge is 2.31. The zero-order valence-electron chi connectivity index (χ0n) is 11.6. The third-order valence-electron chi connectivity index (χ3n) is 3.70. The van der Waals surface area contributed by atoms with Crippen molar-refractivity contribution < 1.29 is 14.3 Å². The number of benzene rings is 2. The summed E-state index contributed by atoms with van der Waals surface area (Å²) in [6.45, 7) is 0.622. The first-order valence-electron chi connectivity index (χ1n) is 6.84. The second-order valence-corrected chi connectivity index (χ2v) is 5.46. The van der Waals surface area contributed by atoms with Crippen LogP contribution in [0.2, 0.25) is 5.02 Å². The summed E-state index contributed by atoms with van der Waals surface area (Å²) in [6.07, 6.45) is 0.544. The smallest absolute Gasteiger partial charge is 0.323 e. The van der Waals surface area contributed by atoms with E-state index in [1.165, 1.54) is 7.11 Å². The highest BCUT2D eigenvalue weighted by molar-refractivity contribution is 6.35. The van der Waals surface area contributed by atoms with Gasteiger partial charge >= 0.3 is 5.97 Å². The van der Waals surface area contributed by atoms with E-state index in [-0.39, 0.29) is 18.1 Å². The predicted molar refractivity (Wildman–Crippen MR) is 81.8 cm³/mol. The lowest BCUT2D eigenvalue weighted by atomic mass is 10.1. The third-order valence-corrected chi connectivity index (χ3v) is 4.03. The van der Waals surface area contributed by atoms with Crippen LogP contribution in [0.3, 0.4) is 0 Å². The minimum Gasteiger partial charge on any atom is -0.488 e. The molecule has 0 aromatic heterocycles. The number of nitrogens with one attached hydrogen (secondary N) is 1. The second kappa shape index (κ2) is 5.92. The average Bonchev–Trinajstić information content (AvgIpc) is 2.98. The maximum Gasteiger partial charge on any atom is 0.323 e. The van der Waals surface area contributed by atoms with Gasteiger partial charge in [-0.1, -0.05) is 35.9 Å². The van der Waals surface area contributed by atoms with Crippen LogP contribution < -0.4 is 10.1 Å². The highest BCUT2D eigenvalue weighted by atomic mass is 35.5. The topological polar surface area (TPSA) is 47.6 Å². The van der Waals surface area contributed by atoms with Crippen molar-refractivity contribution in [3.8, 4) is 5.75 Å². The Bertz CT molecular complexity index is 674. The van der Waals surface area contributed by atoms with E-state index in [4.69, 9.17) is 21.1 Å². The van der Waals surface area contributed by atoms with Gasteiger partial charge in [0.05, 0.1) is 7.11 Å². The number of rotatable bonds is 3. The fourth-order valence-corrected chi connectivity index (χ4v) is 2.86. The average molecular weight is 306 g/mol. The maximum absolute atomic E-state index is 11.5. The minimum absolute atomic E-state index is 0.0568. The van der Waals surface area contributed by atoms with Crippen molar-refractivity contribution in [1.29, 1.82) is 0 Å². The van der Waals surface area contributed by atoms with Crippen molar-refractivity contribution in [3.63, 3.8) is 0 Å². The van der Waals surface area contributed by atoms with Crippen molar-refractivity contribution >= 4 is 28.3 Å². The SMILES string of the molecule is COC(=O)[C@@H]1CC(Oc2ccc(Cl)c3ccccc23)CN1. The lowest BCUT2D eigenvalue weighted by Crippen LogP contribution is -2.31. The summed E-state index contributed by atoms with van der Waals surface area (Å²) in [5, 5.41) is 5.76. The van der Waals surface area contributed by atoms with Gasteiger partial charge in [0.2, 0.25) is 0 Å². The molecule has 0 aliphatic carbocycles. The molecular weight excluding hydrogens is 290 g/mol. The largest absolute Gasteiger partial charge is 0.488 e. The molecule has 2 aromatic rings. The van der Waals surface area contributed by atoms with E-state index < -0.39 is 0 Å². The second-order valence-electron chi connectivity index (χ2n) is 5.05. The molecule has 1 heterocycles. The fraction of sp³-hybridized carbons (Fsp3) is 0.312. The number of carbonyl (C=O) groups excluding carboxylic acids is 1. The number of hydrogen-bond acceptors (Lipinski definition) is 4. The Balaban J connectivity index is 1.80. The van der Waals surface area contributed by atoms with Gasteiger partial charge in [0.15, 0.2) is 0 Å². The zero-order valence-corrected chi connectivity index (χ0v) is 12.4. The number of ether oxygens (including phenoxy) is 2. The van der Waals surface area contributed by atoms with Crippen LogP contribution in [-0.2, 0) is 9.53 Å². The van der Waals surface area contributed by atoms with Crippen LogP contribution in [0.25, 0.3) is 10.8 Å². The normalized spacial score (nSPS) is 21.4. The molecule has 110 valence electrons. The molecule has 1 N–H and O–H groups in total. The third kappa shape index (κ3) is 2.82. The Hall–Kier alpha value is -1.78. The summed E-state index contributed by atoms with van der Waals surface area (Å²) in [6, 6.07) is 11.3. The molecule has 21 heavy (non-hydrogen) atoms. The van der Waals surface area contributed by atoms with Gasteiger partial charge in [0.1, 0.15) is 17.9 Å². The minimum atomic E-state index is -0.293. The fourth-order valence-electron chi connectivity index (χ4n) is 2.63. The van der Waals surface area contributed by atoms with E-state index in [9.17, 15) is 4.79 Å². The molecule has 4 nitrogen and oxygen atoms in total. The molecule has 1 aliphatic rings. The number of fused-ring (bicyclic) bond motifs is 1. The summed E-state index contributed by atoms with van der Waals surface area (Å²) < 4.78 is 10.8. The maximum atomic E-state index is 11.5. The number of methoxy groups -OCH3 is 1. The Morgan fingerprint density at radius 3 is 2.76 bits per heavy atom. The Kier molecular flexibility index (Phi) is 3.99. The molecule has 0 radical (unpaired) electrons. The molecule has 0 saturated carbocycles. The van der Waals surface area contributed by atoms with E-state index in [1.807, 2.05) is 36.4 Å². The lowest BCUT2D eigenvalue weighted by Gasteiger charge is -2.15. The van der Waals surface area contributed by atoms with E-state index in [0.717, 1.165) is 16.5 Å². The quantitative estimate of drug-likeness (QED) is 0.886. The number of halogens is 1. The van der Waals surface area contributed by atoms with Crippen molar-refractivity contribution in [2.24, 2.45) is 0 Å². The van der Waals surface area contributed by atoms with E-state index in [2.05, 4.69) is 5.32 Å². The van der Waals surface area contributed by atoms with Crippen LogP contribution in [0.1, 0.15) is 6.42 Å². The van der Waals surface area contributed by atoms with Gasteiger partial charge in [-0.2, -0.15) is 0 Å². The van der Waals surface area contributed by atoms with Crippen LogP contribution in [0.4, 0.5) is 0 Å². The number of carbonyl (C=O) groups is 1. The van der Waals surface area contributed by atoms with Gasteiger partial charge in [0.25, 0.3) is 0 Å². The Labute approximate surface area is 128 Å². The van der Waals surface area contributed by atoms with E-state index in [0.29, 0.717) is 18.0 Å². The lowest BCUT2D eigenvalue weighted by molar-refractivity contribution is -0.142. The summed E-state index contributed by atoms with van der Waals surface area (Å²) in [7, 11) is 1.39. The van der Waals surface area contributed by atoms with Gasteiger partial charge in [0, 0.05) is 28.8 Å². The monoisotopic (exact) mass is 305 g/mol. The summed E-state index contributed by atoms with van der Waals surface area (Å²) in [5.41, 5.74) is 0. The standard InChI is InChI=1S/C16H16ClNO3/c1-20-16(19)14-8-10(9-18-14)21-15-7-6-13(17)11-4-2-3-5-12(11)15/h2-7,10,14,18H,8-9H2,1H3/t10?,14-/m0/s1. The van der Waals surface area contributed by atoms with Gasteiger partial charge in [-0.05, 0) is 12.1 Å². The number of hydrogen-bond donors (Lipinski definition) is 1. The van der Waals surface area contributed by atoms with Crippen molar-refractivity contribution in [1.82, 2.24) is 5.32 Å². The van der Waals surface area contributed by atoms with Crippen LogP contribution in [-0.4, -0.2) is 31.8 Å². The first-order chi connectivity index (χ1) is 10.2. The molecular formula is C16H16ClNO3. The molecule has 0 amide bonds. The van der Waals surface area contributed by atoms with Crippen LogP contribution >= 0.6 is 11.6 Å². The molecule has 2 atom stereocenters. The van der Waals surface area contributed by atoms with E-state index >= 15 is 0 Å². The highest BCUT2D eigenvalue weighted by Crippen LogP contribution is 2.32.